The molecule has 2 N–H and O–H groups in total. The average Bonchev–Trinajstić information content (AvgIpc) is 2.31. The molecule has 1 aliphatic carbocycles. The highest BCUT2D eigenvalue weighted by Crippen LogP contribution is 2.43. The summed E-state index contributed by atoms with van der Waals surface area (Å²) in [7, 11) is 0. The Kier molecular flexibility index (Phi) is 3.09. The Balaban J connectivity index is 2.35. The standard InChI is InChI=1S/C12H12F5N/c13-8-2-1-7(9(14)10(8)15)11(18)3-5-12(16,17)6-4-11/h1-2H,3-6,18H2. The van der Waals surface area contributed by atoms with Crippen molar-refractivity contribution in [2.75, 3.05) is 0 Å². The van der Waals surface area contributed by atoms with E-state index >= 15 is 0 Å². The van der Waals surface area contributed by atoms with E-state index in [1.165, 1.54) is 0 Å². The Bertz CT molecular complexity index is 462. The summed E-state index contributed by atoms with van der Waals surface area (Å²) in [5.41, 5.74) is 4.26. The fourth-order valence-electron chi connectivity index (χ4n) is 2.24. The van der Waals surface area contributed by atoms with Gasteiger partial charge >= 0.3 is 0 Å². The smallest absolute Gasteiger partial charge is 0.248 e. The number of hydrogen-bond acceptors (Lipinski definition) is 1. The first-order valence-electron chi connectivity index (χ1n) is 5.56. The van der Waals surface area contributed by atoms with Crippen LogP contribution in [0.5, 0.6) is 0 Å². The van der Waals surface area contributed by atoms with Crippen molar-refractivity contribution in [2.45, 2.75) is 37.1 Å². The van der Waals surface area contributed by atoms with Crippen LogP contribution in [0.25, 0.3) is 0 Å². The Morgan fingerprint density at radius 1 is 0.889 bits per heavy atom. The molecule has 0 heterocycles. The lowest BCUT2D eigenvalue weighted by Crippen LogP contribution is -2.44. The van der Waals surface area contributed by atoms with E-state index in [0.717, 1.165) is 12.1 Å². The van der Waals surface area contributed by atoms with Gasteiger partial charge in [-0.25, -0.2) is 22.0 Å². The minimum atomic E-state index is -2.82. The number of halogens is 5. The fourth-order valence-corrected chi connectivity index (χ4v) is 2.24. The van der Waals surface area contributed by atoms with Crippen LogP contribution in [0.1, 0.15) is 31.2 Å². The summed E-state index contributed by atoms with van der Waals surface area (Å²) >= 11 is 0. The third-order valence-corrected chi connectivity index (χ3v) is 3.45. The van der Waals surface area contributed by atoms with Gasteiger partial charge in [-0.15, -0.1) is 0 Å². The van der Waals surface area contributed by atoms with Gasteiger partial charge in [-0.1, -0.05) is 6.07 Å². The maximum Gasteiger partial charge on any atom is 0.248 e. The maximum absolute atomic E-state index is 13.6. The van der Waals surface area contributed by atoms with Crippen molar-refractivity contribution in [1.29, 1.82) is 0 Å². The van der Waals surface area contributed by atoms with E-state index in [9.17, 15) is 22.0 Å². The number of benzene rings is 1. The molecule has 0 aliphatic heterocycles. The van der Waals surface area contributed by atoms with Crippen molar-refractivity contribution < 1.29 is 22.0 Å². The normalized spacial score (nSPS) is 21.9. The van der Waals surface area contributed by atoms with Crippen molar-refractivity contribution in [1.82, 2.24) is 0 Å². The molecule has 18 heavy (non-hydrogen) atoms. The quantitative estimate of drug-likeness (QED) is 0.610. The summed E-state index contributed by atoms with van der Waals surface area (Å²) in [6, 6.07) is 1.78. The molecule has 1 saturated carbocycles. The molecule has 1 aliphatic rings. The van der Waals surface area contributed by atoms with Gasteiger partial charge in [0, 0.05) is 23.9 Å². The predicted octanol–water partition coefficient (Wildman–Crippen LogP) is 3.47. The molecule has 100 valence electrons. The van der Waals surface area contributed by atoms with Crippen molar-refractivity contribution in [3.63, 3.8) is 0 Å². The van der Waals surface area contributed by atoms with Crippen LogP contribution in [0.2, 0.25) is 0 Å². The van der Waals surface area contributed by atoms with E-state index in [0.29, 0.717) is 0 Å². The molecule has 1 nitrogen and oxygen atoms in total. The first kappa shape index (κ1) is 13.3. The molecule has 0 amide bonds. The van der Waals surface area contributed by atoms with Crippen LogP contribution in [0.4, 0.5) is 22.0 Å². The Hall–Kier alpha value is -1.17. The van der Waals surface area contributed by atoms with E-state index in [2.05, 4.69) is 0 Å². The highest BCUT2D eigenvalue weighted by atomic mass is 19.3. The molecule has 0 atom stereocenters. The van der Waals surface area contributed by atoms with Gasteiger partial charge in [-0.3, -0.25) is 0 Å². The molecule has 0 aromatic heterocycles. The number of hydrogen-bond donors (Lipinski definition) is 1. The van der Waals surface area contributed by atoms with Crippen molar-refractivity contribution in [3.05, 3.63) is 35.1 Å². The van der Waals surface area contributed by atoms with Gasteiger partial charge in [0.15, 0.2) is 17.5 Å². The molecule has 0 radical (unpaired) electrons. The first-order valence-corrected chi connectivity index (χ1v) is 5.56. The van der Waals surface area contributed by atoms with Crippen molar-refractivity contribution in [3.8, 4) is 0 Å². The van der Waals surface area contributed by atoms with Gasteiger partial charge in [0.05, 0.1) is 0 Å². The second kappa shape index (κ2) is 4.19. The monoisotopic (exact) mass is 265 g/mol. The van der Waals surface area contributed by atoms with Crippen LogP contribution >= 0.6 is 0 Å². The number of rotatable bonds is 1. The molecule has 0 unspecified atom stereocenters. The molecule has 2 rings (SSSR count). The average molecular weight is 265 g/mol. The molecule has 6 heteroatoms. The van der Waals surface area contributed by atoms with Crippen LogP contribution < -0.4 is 5.73 Å². The summed E-state index contributed by atoms with van der Waals surface area (Å²) in [5.74, 6) is -7.14. The zero-order valence-electron chi connectivity index (χ0n) is 9.45. The third kappa shape index (κ3) is 2.21. The Labute approximate surface area is 101 Å². The highest BCUT2D eigenvalue weighted by molar-refractivity contribution is 5.28. The van der Waals surface area contributed by atoms with Crippen LogP contribution in [0.3, 0.4) is 0 Å². The molecular weight excluding hydrogens is 253 g/mol. The second-order valence-electron chi connectivity index (χ2n) is 4.74. The summed E-state index contributed by atoms with van der Waals surface area (Å²) in [6.07, 6.45) is -1.30. The summed E-state index contributed by atoms with van der Waals surface area (Å²) < 4.78 is 65.6. The van der Waals surface area contributed by atoms with Gasteiger partial charge in [-0.05, 0) is 18.9 Å². The third-order valence-electron chi connectivity index (χ3n) is 3.45. The van der Waals surface area contributed by atoms with E-state index < -0.39 is 41.8 Å². The summed E-state index contributed by atoms with van der Waals surface area (Å²) in [4.78, 5) is 0. The lowest BCUT2D eigenvalue weighted by atomic mass is 9.76. The molecule has 0 saturated heterocycles. The highest BCUT2D eigenvalue weighted by Gasteiger charge is 2.43. The van der Waals surface area contributed by atoms with Gasteiger partial charge in [0.25, 0.3) is 0 Å². The second-order valence-corrected chi connectivity index (χ2v) is 4.74. The van der Waals surface area contributed by atoms with Crippen LogP contribution in [-0.2, 0) is 5.54 Å². The Morgan fingerprint density at radius 3 is 2.00 bits per heavy atom. The van der Waals surface area contributed by atoms with Crippen LogP contribution in [-0.4, -0.2) is 5.92 Å². The van der Waals surface area contributed by atoms with Gasteiger partial charge < -0.3 is 5.73 Å². The topological polar surface area (TPSA) is 26.0 Å². The van der Waals surface area contributed by atoms with E-state index in [1.54, 1.807) is 0 Å². The predicted molar refractivity (Wildman–Crippen MR) is 55.6 cm³/mol. The van der Waals surface area contributed by atoms with Gasteiger partial charge in [-0.2, -0.15) is 0 Å². The molecule has 0 bridgehead atoms. The summed E-state index contributed by atoms with van der Waals surface area (Å²) in [5, 5.41) is 0. The molecular formula is C12H12F5N. The molecule has 1 fully saturated rings. The zero-order chi connectivity index (χ0) is 13.6. The number of nitrogens with two attached hydrogens (primary N) is 1. The first-order chi connectivity index (χ1) is 8.25. The lowest BCUT2D eigenvalue weighted by molar-refractivity contribution is -0.0518. The van der Waals surface area contributed by atoms with Crippen molar-refractivity contribution >= 4 is 0 Å². The Morgan fingerprint density at radius 2 is 1.44 bits per heavy atom. The van der Waals surface area contributed by atoms with Crippen molar-refractivity contribution in [2.24, 2.45) is 5.73 Å². The SMILES string of the molecule is NC1(c2ccc(F)c(F)c2F)CCC(F)(F)CC1. The lowest BCUT2D eigenvalue weighted by Gasteiger charge is -2.37. The maximum atomic E-state index is 13.6. The minimum absolute atomic E-state index is 0.165. The van der Waals surface area contributed by atoms with Crippen LogP contribution in [0.15, 0.2) is 12.1 Å². The van der Waals surface area contributed by atoms with Crippen LogP contribution in [0, 0.1) is 17.5 Å². The van der Waals surface area contributed by atoms with E-state index in [4.69, 9.17) is 5.73 Å². The summed E-state index contributed by atoms with van der Waals surface area (Å²) in [6.45, 7) is 0. The zero-order valence-corrected chi connectivity index (χ0v) is 9.45. The minimum Gasteiger partial charge on any atom is -0.321 e. The van der Waals surface area contributed by atoms with Gasteiger partial charge in [0.1, 0.15) is 0 Å². The van der Waals surface area contributed by atoms with Gasteiger partial charge in [0.2, 0.25) is 5.92 Å². The van der Waals surface area contributed by atoms with E-state index in [1.807, 2.05) is 0 Å². The fraction of sp³-hybridized carbons (Fsp3) is 0.500. The molecule has 1 aromatic rings. The number of alkyl halides is 2. The van der Waals surface area contributed by atoms with E-state index in [-0.39, 0.29) is 18.4 Å². The largest absolute Gasteiger partial charge is 0.321 e. The molecule has 0 spiro atoms. The molecule has 1 aromatic carbocycles.